The number of aromatic carboxylic acids is 3. The zero-order valence-electron chi connectivity index (χ0n) is 13.5. The Kier molecular flexibility index (Phi) is 5.95. The lowest BCUT2D eigenvalue weighted by atomic mass is 10.1. The third-order valence-corrected chi connectivity index (χ3v) is 3.65. The van der Waals surface area contributed by atoms with Crippen LogP contribution in [0.15, 0.2) is 36.4 Å². The van der Waals surface area contributed by atoms with Crippen molar-refractivity contribution in [3.8, 4) is 11.5 Å². The SMILES string of the molecule is O=C(O)c1cccc(OC(=O)c2c(O[SH](=O)=O)cccc2C(=O)O)c1C(=O)O. The topological polar surface area (TPSA) is 182 Å². The molecule has 146 valence electrons. The molecule has 11 nitrogen and oxygen atoms in total. The minimum absolute atomic E-state index is 0.660. The van der Waals surface area contributed by atoms with Crippen molar-refractivity contribution >= 4 is 34.9 Å². The van der Waals surface area contributed by atoms with Crippen LogP contribution in [-0.2, 0) is 11.0 Å². The lowest BCUT2D eigenvalue weighted by molar-refractivity contribution is 0.0632. The molecular formula is C16H10O11S. The Morgan fingerprint density at radius 3 is 1.68 bits per heavy atom. The van der Waals surface area contributed by atoms with E-state index in [0.717, 1.165) is 36.4 Å². The molecule has 0 aliphatic carbocycles. The Bertz CT molecular complexity index is 1060. The number of benzene rings is 2. The van der Waals surface area contributed by atoms with Gasteiger partial charge in [-0.05, 0) is 24.3 Å². The van der Waals surface area contributed by atoms with Crippen LogP contribution in [0.25, 0.3) is 0 Å². The van der Waals surface area contributed by atoms with Crippen molar-refractivity contribution in [3.05, 3.63) is 58.7 Å². The van der Waals surface area contributed by atoms with Crippen LogP contribution in [0.3, 0.4) is 0 Å². The minimum atomic E-state index is -3.51. The Morgan fingerprint density at radius 1 is 0.714 bits per heavy atom. The number of thiol groups is 1. The van der Waals surface area contributed by atoms with Gasteiger partial charge in [0.15, 0.2) is 5.75 Å². The molecule has 2 aromatic rings. The highest BCUT2D eigenvalue weighted by molar-refractivity contribution is 7.67. The molecule has 0 unspecified atom stereocenters. The van der Waals surface area contributed by atoms with Crippen LogP contribution in [0, 0.1) is 0 Å². The fraction of sp³-hybridized carbons (Fsp3) is 0. The van der Waals surface area contributed by atoms with Crippen LogP contribution in [0.1, 0.15) is 41.4 Å². The van der Waals surface area contributed by atoms with Crippen LogP contribution in [-0.4, -0.2) is 47.6 Å². The van der Waals surface area contributed by atoms with Crippen molar-refractivity contribution < 1.29 is 51.8 Å². The number of carbonyl (C=O) groups excluding carboxylic acids is 1. The van der Waals surface area contributed by atoms with Gasteiger partial charge in [0.25, 0.3) is 11.0 Å². The highest BCUT2D eigenvalue weighted by Crippen LogP contribution is 2.28. The lowest BCUT2D eigenvalue weighted by Gasteiger charge is -2.12. The van der Waals surface area contributed by atoms with E-state index in [2.05, 4.69) is 4.18 Å². The summed E-state index contributed by atoms with van der Waals surface area (Å²) >= 11 is 0. The first kappa shape index (κ1) is 20.4. The molecule has 0 fully saturated rings. The van der Waals surface area contributed by atoms with E-state index in [0.29, 0.717) is 0 Å². The van der Waals surface area contributed by atoms with Gasteiger partial charge >= 0.3 is 23.9 Å². The summed E-state index contributed by atoms with van der Waals surface area (Å²) in [7, 11) is -3.51. The molecule has 12 heteroatoms. The minimum Gasteiger partial charge on any atom is -0.478 e. The molecule has 0 heterocycles. The molecule has 0 aromatic heterocycles. The normalized spacial score (nSPS) is 10.3. The van der Waals surface area contributed by atoms with Gasteiger partial charge in [0.1, 0.15) is 16.9 Å². The number of rotatable bonds is 7. The van der Waals surface area contributed by atoms with Gasteiger partial charge in [-0.25, -0.2) is 19.2 Å². The van der Waals surface area contributed by atoms with E-state index in [1.165, 1.54) is 0 Å². The van der Waals surface area contributed by atoms with E-state index < -0.39 is 68.6 Å². The molecular weight excluding hydrogens is 400 g/mol. The lowest BCUT2D eigenvalue weighted by Crippen LogP contribution is -2.18. The monoisotopic (exact) mass is 410 g/mol. The molecule has 0 bridgehead atoms. The average Bonchev–Trinajstić information content (AvgIpc) is 2.60. The molecule has 3 N–H and O–H groups in total. The average molecular weight is 410 g/mol. The molecule has 0 radical (unpaired) electrons. The number of hydrogen-bond acceptors (Lipinski definition) is 8. The molecule has 0 spiro atoms. The maximum Gasteiger partial charge on any atom is 0.348 e. The number of carboxylic acid groups (broad SMARTS) is 3. The number of carboxylic acids is 3. The van der Waals surface area contributed by atoms with Gasteiger partial charge in [0.2, 0.25) is 0 Å². The van der Waals surface area contributed by atoms with E-state index in [1.807, 2.05) is 0 Å². The van der Waals surface area contributed by atoms with Gasteiger partial charge in [-0.15, -0.1) is 0 Å². The second-order valence-electron chi connectivity index (χ2n) is 4.98. The van der Waals surface area contributed by atoms with Crippen molar-refractivity contribution in [2.45, 2.75) is 0 Å². The van der Waals surface area contributed by atoms with Crippen molar-refractivity contribution in [2.24, 2.45) is 0 Å². The first-order valence-corrected chi connectivity index (χ1v) is 8.23. The Balaban J connectivity index is 2.60. The predicted octanol–water partition coefficient (Wildman–Crippen LogP) is 0.906. The fourth-order valence-corrected chi connectivity index (χ4v) is 2.55. The number of ether oxygens (including phenoxy) is 1. The van der Waals surface area contributed by atoms with Gasteiger partial charge in [0.05, 0.1) is 11.1 Å². The summed E-state index contributed by atoms with van der Waals surface area (Å²) in [5.41, 5.74) is -3.01. The van der Waals surface area contributed by atoms with Crippen LogP contribution in [0.4, 0.5) is 0 Å². The summed E-state index contributed by atoms with van der Waals surface area (Å²) in [5, 5.41) is 27.5. The quantitative estimate of drug-likeness (QED) is 0.289. The highest BCUT2D eigenvalue weighted by Gasteiger charge is 2.27. The zero-order valence-corrected chi connectivity index (χ0v) is 14.4. The second-order valence-corrected chi connectivity index (χ2v) is 5.61. The summed E-state index contributed by atoms with van der Waals surface area (Å²) in [4.78, 5) is 46.4. The van der Waals surface area contributed by atoms with Crippen molar-refractivity contribution in [1.82, 2.24) is 0 Å². The zero-order chi connectivity index (χ0) is 21.0. The first-order chi connectivity index (χ1) is 13.1. The molecule has 0 atom stereocenters. The molecule has 2 rings (SSSR count). The number of hydrogen-bond donors (Lipinski definition) is 4. The molecule has 0 amide bonds. The maximum absolute atomic E-state index is 12.5. The molecule has 0 saturated heterocycles. The number of esters is 1. The summed E-state index contributed by atoms with van der Waals surface area (Å²) < 4.78 is 30.9. The predicted molar refractivity (Wildman–Crippen MR) is 89.7 cm³/mol. The maximum atomic E-state index is 12.5. The van der Waals surface area contributed by atoms with E-state index in [-0.39, 0.29) is 0 Å². The molecule has 0 saturated carbocycles. The molecule has 2 aromatic carbocycles. The molecule has 0 aliphatic heterocycles. The van der Waals surface area contributed by atoms with Gasteiger partial charge in [-0.2, -0.15) is 8.42 Å². The fourth-order valence-electron chi connectivity index (χ4n) is 2.24. The largest absolute Gasteiger partial charge is 0.478 e. The van der Waals surface area contributed by atoms with Crippen LogP contribution < -0.4 is 8.92 Å². The van der Waals surface area contributed by atoms with E-state index in [1.54, 1.807) is 0 Å². The molecule has 28 heavy (non-hydrogen) atoms. The van der Waals surface area contributed by atoms with Gasteiger partial charge in [-0.1, -0.05) is 12.1 Å². The van der Waals surface area contributed by atoms with E-state index in [4.69, 9.17) is 9.84 Å². The summed E-state index contributed by atoms with van der Waals surface area (Å²) in [5.74, 6) is -7.74. The van der Waals surface area contributed by atoms with Gasteiger partial charge in [-0.3, -0.25) is 0 Å². The van der Waals surface area contributed by atoms with Gasteiger partial charge < -0.3 is 24.2 Å². The third kappa shape index (κ3) is 4.24. The third-order valence-electron chi connectivity index (χ3n) is 3.31. The van der Waals surface area contributed by atoms with Gasteiger partial charge in [0, 0.05) is 0 Å². The van der Waals surface area contributed by atoms with Crippen LogP contribution >= 0.6 is 0 Å². The standard InChI is InChI=1S/C16H10O11S/c17-13(18)7-3-1-5-9(11(7)15(21)22)26-16(23)12-8(14(19)20)4-2-6-10(12)27-28(24)25/h1-6,28H,(H,17,18)(H,19,20)(H,21,22). The highest BCUT2D eigenvalue weighted by atomic mass is 32.2. The Hall–Kier alpha value is -3.93. The summed E-state index contributed by atoms with van der Waals surface area (Å²) in [6, 6.07) is 6.11. The smallest absolute Gasteiger partial charge is 0.348 e. The first-order valence-electron chi connectivity index (χ1n) is 7.14. The second kappa shape index (κ2) is 8.18. The Labute approximate surface area is 157 Å². The Morgan fingerprint density at radius 2 is 1.21 bits per heavy atom. The van der Waals surface area contributed by atoms with E-state index >= 15 is 0 Å². The van der Waals surface area contributed by atoms with Crippen LogP contribution in [0.2, 0.25) is 0 Å². The summed E-state index contributed by atoms with van der Waals surface area (Å²) in [6.07, 6.45) is 0. The van der Waals surface area contributed by atoms with Crippen molar-refractivity contribution in [2.75, 3.05) is 0 Å². The number of carbonyl (C=O) groups is 4. The van der Waals surface area contributed by atoms with E-state index in [9.17, 15) is 37.8 Å². The van der Waals surface area contributed by atoms with Crippen molar-refractivity contribution in [3.63, 3.8) is 0 Å². The summed E-state index contributed by atoms with van der Waals surface area (Å²) in [6.45, 7) is 0. The van der Waals surface area contributed by atoms with Crippen LogP contribution in [0.5, 0.6) is 11.5 Å². The van der Waals surface area contributed by atoms with Crippen molar-refractivity contribution in [1.29, 1.82) is 0 Å². The molecule has 0 aliphatic rings.